The molecule has 0 atom stereocenters. The molecule has 1 aliphatic carbocycles. The molecule has 0 N–H and O–H groups in total. The maximum Gasteiger partial charge on any atom is 0.237 e. The zero-order valence-corrected chi connectivity index (χ0v) is 11.7. The average molecular weight is 243 g/mol. The predicted molar refractivity (Wildman–Crippen MR) is 74.1 cm³/mol. The lowest BCUT2D eigenvalue weighted by Crippen LogP contribution is -2.37. The van der Waals surface area contributed by atoms with Crippen molar-refractivity contribution in [3.8, 4) is 0 Å². The zero-order chi connectivity index (χ0) is 13.1. The first-order chi connectivity index (χ1) is 8.49. The molecule has 0 radical (unpaired) electrons. The highest BCUT2D eigenvalue weighted by Crippen LogP contribution is 2.59. The summed E-state index contributed by atoms with van der Waals surface area (Å²) in [7, 11) is 0. The molecule has 3 rings (SSSR count). The van der Waals surface area contributed by atoms with Gasteiger partial charge in [-0.2, -0.15) is 0 Å². The number of amides is 1. The summed E-state index contributed by atoms with van der Waals surface area (Å²) in [5.41, 5.74) is 3.71. The van der Waals surface area contributed by atoms with Crippen molar-refractivity contribution in [2.24, 2.45) is 0 Å². The molecule has 1 spiro atoms. The van der Waals surface area contributed by atoms with Crippen LogP contribution in [0.15, 0.2) is 18.2 Å². The van der Waals surface area contributed by atoms with E-state index in [0.29, 0.717) is 11.8 Å². The van der Waals surface area contributed by atoms with Crippen molar-refractivity contribution in [2.45, 2.75) is 57.9 Å². The van der Waals surface area contributed by atoms with Gasteiger partial charge in [-0.3, -0.25) is 4.79 Å². The standard InChI is InChI=1S/C16H21NO/c1-10(2)12-6-5-7-13-14(12)16(8-9-16)15(18)17(13)11(3)4/h5-7,10-11H,8-9H2,1-4H3. The minimum Gasteiger partial charge on any atom is -0.309 e. The number of hydrogen-bond acceptors (Lipinski definition) is 1. The maximum atomic E-state index is 12.7. The Morgan fingerprint density at radius 1 is 1.17 bits per heavy atom. The van der Waals surface area contributed by atoms with E-state index in [9.17, 15) is 4.79 Å². The number of benzene rings is 1. The van der Waals surface area contributed by atoms with Gasteiger partial charge in [0, 0.05) is 11.7 Å². The molecule has 0 bridgehead atoms. The van der Waals surface area contributed by atoms with Gasteiger partial charge in [-0.15, -0.1) is 0 Å². The van der Waals surface area contributed by atoms with Crippen LogP contribution in [0.5, 0.6) is 0 Å². The highest BCUT2D eigenvalue weighted by Gasteiger charge is 2.60. The molecule has 0 saturated heterocycles. The van der Waals surface area contributed by atoms with Crippen LogP contribution in [0.3, 0.4) is 0 Å². The third-order valence-corrected chi connectivity index (χ3v) is 4.33. The van der Waals surface area contributed by atoms with Crippen LogP contribution in [-0.4, -0.2) is 11.9 Å². The van der Waals surface area contributed by atoms with E-state index >= 15 is 0 Å². The van der Waals surface area contributed by atoms with Crippen LogP contribution in [0.4, 0.5) is 5.69 Å². The highest BCUT2D eigenvalue weighted by molar-refractivity contribution is 6.11. The van der Waals surface area contributed by atoms with Gasteiger partial charge in [-0.25, -0.2) is 0 Å². The Bertz CT molecular complexity index is 512. The van der Waals surface area contributed by atoms with Crippen molar-refractivity contribution in [1.29, 1.82) is 0 Å². The van der Waals surface area contributed by atoms with Gasteiger partial charge in [0.05, 0.1) is 5.41 Å². The van der Waals surface area contributed by atoms with E-state index in [4.69, 9.17) is 0 Å². The number of rotatable bonds is 2. The Morgan fingerprint density at radius 3 is 2.33 bits per heavy atom. The van der Waals surface area contributed by atoms with Gasteiger partial charge in [0.25, 0.3) is 0 Å². The molecule has 1 aliphatic heterocycles. The first-order valence-corrected chi connectivity index (χ1v) is 6.96. The Kier molecular flexibility index (Phi) is 2.35. The lowest BCUT2D eigenvalue weighted by molar-refractivity contribution is -0.120. The fourth-order valence-electron chi connectivity index (χ4n) is 3.31. The first-order valence-electron chi connectivity index (χ1n) is 6.96. The van der Waals surface area contributed by atoms with Crippen LogP contribution >= 0.6 is 0 Å². The van der Waals surface area contributed by atoms with Gasteiger partial charge in [-0.05, 0) is 49.8 Å². The van der Waals surface area contributed by atoms with Crippen molar-refractivity contribution in [3.05, 3.63) is 29.3 Å². The lowest BCUT2D eigenvalue weighted by Gasteiger charge is -2.22. The maximum absolute atomic E-state index is 12.7. The van der Waals surface area contributed by atoms with Gasteiger partial charge in [0.2, 0.25) is 5.91 Å². The van der Waals surface area contributed by atoms with E-state index in [1.54, 1.807) is 0 Å². The molecule has 1 aromatic rings. The van der Waals surface area contributed by atoms with E-state index in [1.165, 1.54) is 16.8 Å². The summed E-state index contributed by atoms with van der Waals surface area (Å²) in [5.74, 6) is 0.818. The molecule has 1 aromatic carbocycles. The SMILES string of the molecule is CC(C)c1cccc2c1C1(CC1)C(=O)N2C(C)C. The third kappa shape index (κ3) is 1.32. The number of carbonyl (C=O) groups excluding carboxylic acids is 1. The topological polar surface area (TPSA) is 20.3 Å². The molecule has 2 nitrogen and oxygen atoms in total. The summed E-state index contributed by atoms with van der Waals surface area (Å²) in [5, 5.41) is 0. The summed E-state index contributed by atoms with van der Waals surface area (Å²) in [6.45, 7) is 8.64. The molecule has 1 saturated carbocycles. The van der Waals surface area contributed by atoms with Crippen molar-refractivity contribution in [1.82, 2.24) is 0 Å². The van der Waals surface area contributed by atoms with E-state index in [2.05, 4.69) is 45.9 Å². The van der Waals surface area contributed by atoms with Crippen LogP contribution in [0.1, 0.15) is 57.6 Å². The number of carbonyl (C=O) groups is 1. The van der Waals surface area contributed by atoms with E-state index in [-0.39, 0.29) is 11.5 Å². The normalized spacial score (nSPS) is 20.1. The summed E-state index contributed by atoms with van der Waals surface area (Å²) in [4.78, 5) is 14.7. The minimum absolute atomic E-state index is 0.152. The number of hydrogen-bond donors (Lipinski definition) is 0. The highest BCUT2D eigenvalue weighted by atomic mass is 16.2. The molecule has 2 heteroatoms. The smallest absolute Gasteiger partial charge is 0.237 e. The largest absolute Gasteiger partial charge is 0.309 e. The molecule has 2 aliphatic rings. The number of anilines is 1. The van der Waals surface area contributed by atoms with Gasteiger partial charge >= 0.3 is 0 Å². The molecule has 0 unspecified atom stereocenters. The summed E-state index contributed by atoms with van der Waals surface area (Å²) in [6.07, 6.45) is 2.07. The summed E-state index contributed by atoms with van der Waals surface area (Å²) in [6, 6.07) is 6.66. The van der Waals surface area contributed by atoms with Crippen LogP contribution < -0.4 is 4.90 Å². The molecular formula is C16H21NO. The molecule has 1 amide bonds. The fraction of sp³-hybridized carbons (Fsp3) is 0.562. The second-order valence-corrected chi connectivity index (χ2v) is 6.25. The van der Waals surface area contributed by atoms with E-state index in [0.717, 1.165) is 12.8 Å². The minimum atomic E-state index is -0.152. The van der Waals surface area contributed by atoms with Crippen LogP contribution in [0.2, 0.25) is 0 Å². The molecular weight excluding hydrogens is 222 g/mol. The van der Waals surface area contributed by atoms with Crippen molar-refractivity contribution in [2.75, 3.05) is 4.90 Å². The zero-order valence-electron chi connectivity index (χ0n) is 11.7. The van der Waals surface area contributed by atoms with Gasteiger partial charge in [0.15, 0.2) is 0 Å². The van der Waals surface area contributed by atoms with Crippen molar-refractivity contribution >= 4 is 11.6 Å². The van der Waals surface area contributed by atoms with Gasteiger partial charge < -0.3 is 4.90 Å². The molecule has 1 heterocycles. The van der Waals surface area contributed by atoms with E-state index < -0.39 is 0 Å². The molecule has 96 valence electrons. The fourth-order valence-corrected chi connectivity index (χ4v) is 3.31. The Balaban J connectivity index is 2.24. The van der Waals surface area contributed by atoms with Crippen LogP contribution in [0.25, 0.3) is 0 Å². The average Bonchev–Trinajstić information content (AvgIpc) is 3.04. The molecule has 18 heavy (non-hydrogen) atoms. The van der Waals surface area contributed by atoms with Crippen molar-refractivity contribution in [3.63, 3.8) is 0 Å². The van der Waals surface area contributed by atoms with Crippen molar-refractivity contribution < 1.29 is 4.79 Å². The van der Waals surface area contributed by atoms with Gasteiger partial charge in [-0.1, -0.05) is 26.0 Å². The number of fused-ring (bicyclic) bond motifs is 2. The summed E-state index contributed by atoms with van der Waals surface area (Å²) < 4.78 is 0. The predicted octanol–water partition coefficient (Wildman–Crippen LogP) is 3.60. The first kappa shape index (κ1) is 11.8. The van der Waals surface area contributed by atoms with Crippen LogP contribution in [0, 0.1) is 0 Å². The second-order valence-electron chi connectivity index (χ2n) is 6.25. The third-order valence-electron chi connectivity index (χ3n) is 4.33. The Labute approximate surface area is 109 Å². The molecule has 0 aromatic heterocycles. The monoisotopic (exact) mass is 243 g/mol. The summed E-state index contributed by atoms with van der Waals surface area (Å²) >= 11 is 0. The number of nitrogens with zero attached hydrogens (tertiary/aromatic N) is 1. The van der Waals surface area contributed by atoms with E-state index in [1.807, 2.05) is 4.90 Å². The lowest BCUT2D eigenvalue weighted by atomic mass is 9.87. The molecule has 1 fully saturated rings. The van der Waals surface area contributed by atoms with Gasteiger partial charge in [0.1, 0.15) is 0 Å². The quantitative estimate of drug-likeness (QED) is 0.777. The van der Waals surface area contributed by atoms with Crippen LogP contribution in [-0.2, 0) is 10.2 Å². The second kappa shape index (κ2) is 3.59. The Hall–Kier alpha value is -1.31. The Morgan fingerprint density at radius 2 is 1.83 bits per heavy atom.